The van der Waals surface area contributed by atoms with Gasteiger partial charge in [0.2, 0.25) is 0 Å². The molecule has 0 heterocycles. The van der Waals surface area contributed by atoms with Crippen molar-refractivity contribution in [3.8, 4) is 11.1 Å². The number of carbonyl (C=O) groups excluding carboxylic acids is 1. The predicted molar refractivity (Wildman–Crippen MR) is 157 cm³/mol. The molecular weight excluding hydrogens is 556 g/mol. The second-order valence-electron chi connectivity index (χ2n) is 10.2. The number of aliphatic carboxylic acids is 2. The quantitative estimate of drug-likeness (QED) is 0.190. The van der Waals surface area contributed by atoms with Crippen LogP contribution >= 0.6 is 0 Å². The molecule has 0 saturated heterocycles. The third-order valence-corrected chi connectivity index (χ3v) is 7.21. The molecule has 1 aliphatic rings. The van der Waals surface area contributed by atoms with Crippen LogP contribution in [0, 0.1) is 11.6 Å². The number of alkyl carbamates (subject to hydrolysis) is 1. The van der Waals surface area contributed by atoms with Crippen LogP contribution in [0.4, 0.5) is 13.6 Å². The Hall–Kier alpha value is -5.05. The maximum absolute atomic E-state index is 13.2. The van der Waals surface area contributed by atoms with Gasteiger partial charge in [0.15, 0.2) is 0 Å². The average molecular weight is 588 g/mol. The standard InChI is InChI=1S/C24H20FNO4.C10H11FO2/c25-16-11-9-15(10-12-16)22(13-23(27)28)26-24(29)30-14-21-19-7-3-1-5-17(19)18-6-2-4-8-20(18)21;1-7(6-10(12)13)8-2-4-9(11)5-3-8/h1-12,21-22H,13-14H2,(H,26,29)(H,27,28);2-5,7H,6H2,1H3,(H,12,13). The lowest BCUT2D eigenvalue weighted by atomic mass is 9.98. The first-order valence-corrected chi connectivity index (χ1v) is 13.7. The molecule has 0 aromatic heterocycles. The van der Waals surface area contributed by atoms with Gasteiger partial charge in [0, 0.05) is 5.92 Å². The van der Waals surface area contributed by atoms with E-state index in [-0.39, 0.29) is 37.1 Å². The molecule has 7 nitrogen and oxygen atoms in total. The lowest BCUT2D eigenvalue weighted by Crippen LogP contribution is -2.31. The van der Waals surface area contributed by atoms with Crippen LogP contribution in [0.1, 0.15) is 59.9 Å². The summed E-state index contributed by atoms with van der Waals surface area (Å²) in [6.07, 6.45) is -0.978. The molecule has 2 atom stereocenters. The highest BCUT2D eigenvalue weighted by Crippen LogP contribution is 2.44. The number of rotatable bonds is 9. The van der Waals surface area contributed by atoms with Crippen LogP contribution in [0.2, 0.25) is 0 Å². The molecule has 222 valence electrons. The molecule has 1 aliphatic carbocycles. The largest absolute Gasteiger partial charge is 0.481 e. The Balaban J connectivity index is 0.000000273. The van der Waals surface area contributed by atoms with Crippen molar-refractivity contribution in [3.63, 3.8) is 0 Å². The van der Waals surface area contributed by atoms with E-state index >= 15 is 0 Å². The number of hydrogen-bond donors (Lipinski definition) is 3. The second-order valence-corrected chi connectivity index (χ2v) is 10.2. The van der Waals surface area contributed by atoms with Gasteiger partial charge in [-0.05, 0) is 63.6 Å². The summed E-state index contributed by atoms with van der Waals surface area (Å²) in [5, 5.41) is 20.3. The van der Waals surface area contributed by atoms with Crippen molar-refractivity contribution >= 4 is 18.0 Å². The van der Waals surface area contributed by atoms with Gasteiger partial charge in [0.05, 0.1) is 18.9 Å². The van der Waals surface area contributed by atoms with Crippen LogP contribution < -0.4 is 5.32 Å². The van der Waals surface area contributed by atoms with Crippen molar-refractivity contribution in [1.29, 1.82) is 0 Å². The molecule has 0 aliphatic heterocycles. The minimum absolute atomic E-state index is 0.0712. The molecule has 0 fully saturated rings. The van der Waals surface area contributed by atoms with Crippen molar-refractivity contribution < 1.29 is 38.1 Å². The summed E-state index contributed by atoms with van der Waals surface area (Å²) >= 11 is 0. The fourth-order valence-corrected chi connectivity index (χ4v) is 5.08. The van der Waals surface area contributed by atoms with Crippen molar-refractivity contribution in [1.82, 2.24) is 5.32 Å². The number of fused-ring (bicyclic) bond motifs is 3. The monoisotopic (exact) mass is 587 g/mol. The zero-order chi connectivity index (χ0) is 30.9. The van der Waals surface area contributed by atoms with Crippen molar-refractivity contribution in [3.05, 3.63) is 131 Å². The van der Waals surface area contributed by atoms with E-state index in [0.29, 0.717) is 5.56 Å². The minimum Gasteiger partial charge on any atom is -0.481 e. The topological polar surface area (TPSA) is 113 Å². The van der Waals surface area contributed by atoms with E-state index in [1.54, 1.807) is 19.1 Å². The van der Waals surface area contributed by atoms with Gasteiger partial charge in [-0.2, -0.15) is 0 Å². The van der Waals surface area contributed by atoms with Crippen LogP contribution in [0.25, 0.3) is 11.1 Å². The first kappa shape index (κ1) is 30.9. The van der Waals surface area contributed by atoms with E-state index in [4.69, 9.17) is 14.9 Å². The first-order valence-electron chi connectivity index (χ1n) is 13.7. The Morgan fingerprint density at radius 3 is 1.67 bits per heavy atom. The smallest absolute Gasteiger partial charge is 0.407 e. The number of hydrogen-bond acceptors (Lipinski definition) is 4. The third kappa shape index (κ3) is 8.25. The maximum Gasteiger partial charge on any atom is 0.407 e. The Morgan fingerprint density at radius 1 is 0.721 bits per heavy atom. The van der Waals surface area contributed by atoms with E-state index in [0.717, 1.165) is 27.8 Å². The molecule has 43 heavy (non-hydrogen) atoms. The number of carboxylic acids is 2. The lowest BCUT2D eigenvalue weighted by molar-refractivity contribution is -0.138. The number of benzene rings is 4. The molecule has 0 radical (unpaired) electrons. The highest BCUT2D eigenvalue weighted by Gasteiger charge is 2.29. The number of carboxylic acid groups (broad SMARTS) is 2. The number of carbonyl (C=O) groups is 3. The first-order chi connectivity index (χ1) is 20.6. The van der Waals surface area contributed by atoms with Gasteiger partial charge < -0.3 is 20.3 Å². The Labute approximate surface area is 247 Å². The van der Waals surface area contributed by atoms with E-state index in [1.165, 1.54) is 36.4 Å². The number of amides is 1. The zero-order valence-corrected chi connectivity index (χ0v) is 23.4. The lowest BCUT2D eigenvalue weighted by Gasteiger charge is -2.19. The van der Waals surface area contributed by atoms with Crippen LogP contribution in [0.5, 0.6) is 0 Å². The molecular formula is C34H31F2NO6. The number of halogens is 2. The van der Waals surface area contributed by atoms with Gasteiger partial charge in [-0.3, -0.25) is 9.59 Å². The zero-order valence-electron chi connectivity index (χ0n) is 23.4. The van der Waals surface area contributed by atoms with Crippen molar-refractivity contribution in [2.45, 2.75) is 37.6 Å². The molecule has 9 heteroatoms. The van der Waals surface area contributed by atoms with Gasteiger partial charge in [0.1, 0.15) is 18.2 Å². The summed E-state index contributed by atoms with van der Waals surface area (Å²) in [5.74, 6) is -2.81. The van der Waals surface area contributed by atoms with E-state index in [1.807, 2.05) is 48.5 Å². The Kier molecular flexibility index (Phi) is 10.2. The van der Waals surface area contributed by atoms with Crippen LogP contribution in [0.3, 0.4) is 0 Å². The third-order valence-electron chi connectivity index (χ3n) is 7.21. The van der Waals surface area contributed by atoms with Gasteiger partial charge >= 0.3 is 18.0 Å². The van der Waals surface area contributed by atoms with Crippen molar-refractivity contribution in [2.24, 2.45) is 0 Å². The van der Waals surface area contributed by atoms with E-state index < -0.39 is 29.9 Å². The van der Waals surface area contributed by atoms with Crippen LogP contribution in [-0.2, 0) is 14.3 Å². The Morgan fingerprint density at radius 2 is 1.19 bits per heavy atom. The normalized spacial score (nSPS) is 13.0. The minimum atomic E-state index is -1.08. The fraction of sp³-hybridized carbons (Fsp3) is 0.206. The highest BCUT2D eigenvalue weighted by atomic mass is 19.1. The van der Waals surface area contributed by atoms with Gasteiger partial charge in [-0.15, -0.1) is 0 Å². The Bertz CT molecular complexity index is 1530. The highest BCUT2D eigenvalue weighted by molar-refractivity contribution is 5.79. The van der Waals surface area contributed by atoms with Gasteiger partial charge in [-0.1, -0.05) is 79.7 Å². The molecule has 0 bridgehead atoms. The second kappa shape index (κ2) is 14.2. The van der Waals surface area contributed by atoms with Gasteiger partial charge in [0.25, 0.3) is 0 Å². The SMILES string of the molecule is CC(CC(=O)O)c1ccc(F)cc1.O=C(O)CC(NC(=O)OCC1c2ccccc2-c2ccccc21)c1ccc(F)cc1. The average Bonchev–Trinajstić information content (AvgIpc) is 3.30. The van der Waals surface area contributed by atoms with Crippen LogP contribution in [-0.4, -0.2) is 34.9 Å². The molecule has 2 unspecified atom stereocenters. The summed E-state index contributed by atoms with van der Waals surface area (Å²) in [6.45, 7) is 1.93. The summed E-state index contributed by atoms with van der Waals surface area (Å²) in [7, 11) is 0. The number of nitrogens with one attached hydrogen (secondary N) is 1. The summed E-state index contributed by atoms with van der Waals surface area (Å²) in [4.78, 5) is 34.0. The van der Waals surface area contributed by atoms with Crippen LogP contribution in [0.15, 0.2) is 97.1 Å². The van der Waals surface area contributed by atoms with Crippen molar-refractivity contribution in [2.75, 3.05) is 6.61 Å². The molecule has 3 N–H and O–H groups in total. The molecule has 5 rings (SSSR count). The summed E-state index contributed by atoms with van der Waals surface area (Å²) in [6, 6.07) is 26.4. The fourth-order valence-electron chi connectivity index (χ4n) is 5.08. The number of ether oxygens (including phenoxy) is 1. The summed E-state index contributed by atoms with van der Waals surface area (Å²) < 4.78 is 31.2. The molecule has 0 spiro atoms. The molecule has 4 aromatic carbocycles. The van der Waals surface area contributed by atoms with Gasteiger partial charge in [-0.25, -0.2) is 13.6 Å². The maximum atomic E-state index is 13.2. The predicted octanol–water partition coefficient (Wildman–Crippen LogP) is 7.28. The summed E-state index contributed by atoms with van der Waals surface area (Å²) in [5.41, 5.74) is 5.77. The molecule has 0 saturated carbocycles. The molecule has 4 aromatic rings. The van der Waals surface area contributed by atoms with E-state index in [9.17, 15) is 23.2 Å². The molecule has 1 amide bonds. The van der Waals surface area contributed by atoms with E-state index in [2.05, 4.69) is 5.32 Å².